The summed E-state index contributed by atoms with van der Waals surface area (Å²) in [7, 11) is 0. The quantitative estimate of drug-likeness (QED) is 0.857. The molecule has 0 unspecified atom stereocenters. The van der Waals surface area contributed by atoms with Gasteiger partial charge in [0.25, 0.3) is 0 Å². The number of aryl methyl sites for hydroxylation is 2. The number of hydrogen-bond donors (Lipinski definition) is 2. The number of carbonyl (C=O) groups excluding carboxylic acids is 1. The molecule has 0 atom stereocenters. The lowest BCUT2D eigenvalue weighted by atomic mass is 10.2. The van der Waals surface area contributed by atoms with Crippen molar-refractivity contribution < 1.29 is 4.79 Å². The Morgan fingerprint density at radius 1 is 1.42 bits per heavy atom. The molecule has 1 aromatic carbocycles. The van der Waals surface area contributed by atoms with Crippen molar-refractivity contribution in [3.8, 4) is 0 Å². The molecule has 2 aromatic rings. The number of anilines is 1. The minimum absolute atomic E-state index is 0.137. The first-order chi connectivity index (χ1) is 9.08. The van der Waals surface area contributed by atoms with E-state index in [0.29, 0.717) is 12.4 Å². The van der Waals surface area contributed by atoms with Crippen LogP contribution in [0.4, 0.5) is 5.69 Å². The minimum atomic E-state index is -0.137. The van der Waals surface area contributed by atoms with Gasteiger partial charge >= 0.3 is 0 Å². The lowest BCUT2D eigenvalue weighted by molar-refractivity contribution is -0.116. The maximum Gasteiger partial charge on any atom is 0.246 e. The molecule has 0 fully saturated rings. The zero-order chi connectivity index (χ0) is 13.8. The molecular weight excluding hydrogens is 242 g/mol. The molecule has 0 bridgehead atoms. The summed E-state index contributed by atoms with van der Waals surface area (Å²) in [5.41, 5.74) is 7.28. The van der Waals surface area contributed by atoms with Gasteiger partial charge < -0.3 is 11.1 Å². The summed E-state index contributed by atoms with van der Waals surface area (Å²) in [4.78, 5) is 16.1. The van der Waals surface area contributed by atoms with Gasteiger partial charge in [-0.15, -0.1) is 0 Å². The van der Waals surface area contributed by atoms with Crippen molar-refractivity contribution in [2.45, 2.75) is 26.9 Å². The number of amides is 1. The maximum absolute atomic E-state index is 11.9. The minimum Gasteiger partial charge on any atom is -0.326 e. The molecule has 0 saturated heterocycles. The van der Waals surface area contributed by atoms with Gasteiger partial charge in [0.1, 0.15) is 18.2 Å². The van der Waals surface area contributed by atoms with Crippen LogP contribution in [0.15, 0.2) is 24.3 Å². The molecule has 1 amide bonds. The van der Waals surface area contributed by atoms with E-state index < -0.39 is 0 Å². The van der Waals surface area contributed by atoms with E-state index in [0.717, 1.165) is 17.1 Å². The summed E-state index contributed by atoms with van der Waals surface area (Å²) in [6, 6.07) is 7.47. The predicted molar refractivity (Wildman–Crippen MR) is 72.5 cm³/mol. The van der Waals surface area contributed by atoms with Crippen molar-refractivity contribution in [1.82, 2.24) is 14.8 Å². The van der Waals surface area contributed by atoms with E-state index in [9.17, 15) is 4.79 Å². The number of aromatic nitrogens is 3. The molecule has 19 heavy (non-hydrogen) atoms. The molecule has 100 valence electrons. The summed E-state index contributed by atoms with van der Waals surface area (Å²) in [6.07, 6.45) is 0. The van der Waals surface area contributed by atoms with Crippen molar-refractivity contribution in [3.05, 3.63) is 41.5 Å². The van der Waals surface area contributed by atoms with E-state index in [1.54, 1.807) is 11.6 Å². The third kappa shape index (κ3) is 3.38. The number of nitrogens with one attached hydrogen (secondary N) is 1. The van der Waals surface area contributed by atoms with E-state index in [-0.39, 0.29) is 12.5 Å². The SMILES string of the molecule is Cc1nc(C)n(CC(=O)Nc2cccc(CN)c2)n1. The number of hydrogen-bond acceptors (Lipinski definition) is 4. The van der Waals surface area contributed by atoms with Crippen molar-refractivity contribution in [2.24, 2.45) is 5.73 Å². The molecule has 6 heteroatoms. The summed E-state index contributed by atoms with van der Waals surface area (Å²) >= 11 is 0. The topological polar surface area (TPSA) is 85.8 Å². The second kappa shape index (κ2) is 5.62. The molecular formula is C13H17N5O. The highest BCUT2D eigenvalue weighted by molar-refractivity contribution is 5.90. The van der Waals surface area contributed by atoms with Gasteiger partial charge in [-0.3, -0.25) is 4.79 Å². The van der Waals surface area contributed by atoms with Crippen LogP contribution in [0.2, 0.25) is 0 Å². The van der Waals surface area contributed by atoms with Crippen LogP contribution >= 0.6 is 0 Å². The van der Waals surface area contributed by atoms with Crippen molar-refractivity contribution >= 4 is 11.6 Å². The van der Waals surface area contributed by atoms with Gasteiger partial charge in [-0.2, -0.15) is 5.10 Å². The van der Waals surface area contributed by atoms with Crippen LogP contribution in [0.5, 0.6) is 0 Å². The monoisotopic (exact) mass is 259 g/mol. The Kier molecular flexibility index (Phi) is 3.91. The smallest absolute Gasteiger partial charge is 0.246 e. The largest absolute Gasteiger partial charge is 0.326 e. The fourth-order valence-electron chi connectivity index (χ4n) is 1.82. The van der Waals surface area contributed by atoms with Crippen molar-refractivity contribution in [2.75, 3.05) is 5.32 Å². The van der Waals surface area contributed by atoms with Crippen LogP contribution in [0.25, 0.3) is 0 Å². The second-order valence-electron chi connectivity index (χ2n) is 4.32. The van der Waals surface area contributed by atoms with Crippen LogP contribution in [-0.4, -0.2) is 20.7 Å². The van der Waals surface area contributed by atoms with E-state index in [2.05, 4.69) is 15.4 Å². The molecule has 0 aliphatic heterocycles. The molecule has 6 nitrogen and oxygen atoms in total. The Morgan fingerprint density at radius 3 is 2.84 bits per heavy atom. The van der Waals surface area contributed by atoms with Crippen LogP contribution < -0.4 is 11.1 Å². The summed E-state index contributed by atoms with van der Waals surface area (Å²) in [6.45, 7) is 4.22. The Balaban J connectivity index is 2.03. The molecule has 0 saturated carbocycles. The van der Waals surface area contributed by atoms with E-state index in [1.807, 2.05) is 31.2 Å². The van der Waals surface area contributed by atoms with E-state index >= 15 is 0 Å². The zero-order valence-electron chi connectivity index (χ0n) is 11.1. The number of nitrogens with two attached hydrogens (primary N) is 1. The maximum atomic E-state index is 11.9. The van der Waals surface area contributed by atoms with Crippen LogP contribution in [0, 0.1) is 13.8 Å². The highest BCUT2D eigenvalue weighted by Crippen LogP contribution is 2.10. The predicted octanol–water partition coefficient (Wildman–Crippen LogP) is 0.992. The molecule has 1 heterocycles. The summed E-state index contributed by atoms with van der Waals surface area (Å²) < 4.78 is 1.58. The molecule has 2 rings (SSSR count). The lowest BCUT2D eigenvalue weighted by Gasteiger charge is -2.07. The third-order valence-corrected chi connectivity index (χ3v) is 2.70. The zero-order valence-corrected chi connectivity index (χ0v) is 11.1. The molecule has 0 spiro atoms. The summed E-state index contributed by atoms with van der Waals surface area (Å²) in [5.74, 6) is 1.25. The molecule has 0 radical (unpaired) electrons. The van der Waals surface area contributed by atoms with Gasteiger partial charge in [0.15, 0.2) is 0 Å². The standard InChI is InChI=1S/C13H17N5O/c1-9-15-10(2)18(17-9)8-13(19)16-12-5-3-4-11(6-12)7-14/h3-6H,7-8,14H2,1-2H3,(H,16,19). The van der Waals surface area contributed by atoms with Crippen molar-refractivity contribution in [3.63, 3.8) is 0 Å². The molecule has 3 N–H and O–H groups in total. The van der Waals surface area contributed by atoms with Crippen LogP contribution in [0.1, 0.15) is 17.2 Å². The molecule has 1 aromatic heterocycles. The van der Waals surface area contributed by atoms with Gasteiger partial charge in [0, 0.05) is 12.2 Å². The average Bonchev–Trinajstić information content (AvgIpc) is 2.68. The normalized spacial score (nSPS) is 10.5. The first-order valence-corrected chi connectivity index (χ1v) is 6.05. The number of benzene rings is 1. The Labute approximate surface area is 111 Å². The van der Waals surface area contributed by atoms with Crippen LogP contribution in [0.3, 0.4) is 0 Å². The highest BCUT2D eigenvalue weighted by Gasteiger charge is 2.08. The fraction of sp³-hybridized carbons (Fsp3) is 0.308. The first-order valence-electron chi connectivity index (χ1n) is 6.05. The number of rotatable bonds is 4. The molecule has 0 aliphatic carbocycles. The second-order valence-corrected chi connectivity index (χ2v) is 4.32. The Hall–Kier alpha value is -2.21. The summed E-state index contributed by atoms with van der Waals surface area (Å²) in [5, 5.41) is 6.97. The Bertz CT molecular complexity index is 590. The fourth-order valence-corrected chi connectivity index (χ4v) is 1.82. The Morgan fingerprint density at radius 2 is 2.21 bits per heavy atom. The van der Waals surface area contributed by atoms with E-state index in [1.165, 1.54) is 0 Å². The van der Waals surface area contributed by atoms with Gasteiger partial charge in [-0.1, -0.05) is 12.1 Å². The lowest BCUT2D eigenvalue weighted by Crippen LogP contribution is -2.20. The highest BCUT2D eigenvalue weighted by atomic mass is 16.2. The van der Waals surface area contributed by atoms with Gasteiger partial charge in [-0.05, 0) is 31.5 Å². The van der Waals surface area contributed by atoms with E-state index in [4.69, 9.17) is 5.73 Å². The number of carbonyl (C=O) groups is 1. The van der Waals surface area contributed by atoms with Gasteiger partial charge in [0.05, 0.1) is 0 Å². The average molecular weight is 259 g/mol. The van der Waals surface area contributed by atoms with Gasteiger partial charge in [-0.25, -0.2) is 9.67 Å². The number of nitrogens with zero attached hydrogens (tertiary/aromatic N) is 3. The van der Waals surface area contributed by atoms with Crippen molar-refractivity contribution in [1.29, 1.82) is 0 Å². The van der Waals surface area contributed by atoms with Gasteiger partial charge in [0.2, 0.25) is 5.91 Å². The third-order valence-electron chi connectivity index (χ3n) is 2.70. The molecule has 0 aliphatic rings. The first kappa shape index (κ1) is 13.2. The van der Waals surface area contributed by atoms with Crippen LogP contribution in [-0.2, 0) is 17.9 Å².